The van der Waals surface area contributed by atoms with Crippen molar-refractivity contribution >= 4 is 16.9 Å². The topological polar surface area (TPSA) is 61.4 Å². The van der Waals surface area contributed by atoms with Crippen LogP contribution in [0.4, 0.5) is 0 Å². The molecule has 26 heavy (non-hydrogen) atoms. The second kappa shape index (κ2) is 8.43. The number of nitrogens with zero attached hydrogens (tertiary/aromatic N) is 1. The molecular formula is C21H26N4O. The third kappa shape index (κ3) is 4.17. The minimum absolute atomic E-state index is 0.698. The maximum atomic E-state index is 5.26. The first kappa shape index (κ1) is 17.9. The maximum Gasteiger partial charge on any atom is 0.191 e. The van der Waals surface area contributed by atoms with E-state index in [9.17, 15) is 0 Å². The van der Waals surface area contributed by atoms with Crippen molar-refractivity contribution in [2.45, 2.75) is 19.9 Å². The van der Waals surface area contributed by atoms with Crippen molar-refractivity contribution in [2.24, 2.45) is 4.99 Å². The number of guanidine groups is 1. The van der Waals surface area contributed by atoms with Crippen LogP contribution < -0.4 is 15.4 Å². The monoisotopic (exact) mass is 350 g/mol. The molecule has 0 aliphatic heterocycles. The second-order valence-electron chi connectivity index (χ2n) is 6.27. The second-order valence-corrected chi connectivity index (χ2v) is 6.27. The number of rotatable bonds is 6. The van der Waals surface area contributed by atoms with Crippen LogP contribution in [0.25, 0.3) is 10.9 Å². The van der Waals surface area contributed by atoms with E-state index in [1.165, 1.54) is 22.0 Å². The van der Waals surface area contributed by atoms with Gasteiger partial charge in [0.1, 0.15) is 5.75 Å². The molecule has 0 atom stereocenters. The summed E-state index contributed by atoms with van der Waals surface area (Å²) in [4.78, 5) is 7.68. The van der Waals surface area contributed by atoms with E-state index in [2.05, 4.69) is 58.0 Å². The van der Waals surface area contributed by atoms with Gasteiger partial charge >= 0.3 is 0 Å². The lowest BCUT2D eigenvalue weighted by molar-refractivity contribution is 0.414. The highest BCUT2D eigenvalue weighted by molar-refractivity contribution is 5.86. The van der Waals surface area contributed by atoms with E-state index in [0.29, 0.717) is 6.54 Å². The van der Waals surface area contributed by atoms with Crippen molar-refractivity contribution < 1.29 is 4.74 Å². The number of hydrogen-bond donors (Lipinski definition) is 3. The number of ether oxygens (including phenoxy) is 1. The van der Waals surface area contributed by atoms with Crippen LogP contribution in [0.15, 0.2) is 53.7 Å². The van der Waals surface area contributed by atoms with Crippen LogP contribution in [-0.2, 0) is 13.0 Å². The van der Waals surface area contributed by atoms with Crippen molar-refractivity contribution in [3.63, 3.8) is 0 Å². The average Bonchev–Trinajstić information content (AvgIpc) is 3.09. The van der Waals surface area contributed by atoms with Crippen molar-refractivity contribution in [1.82, 2.24) is 15.6 Å². The summed E-state index contributed by atoms with van der Waals surface area (Å²) >= 11 is 0. The van der Waals surface area contributed by atoms with E-state index in [0.717, 1.165) is 30.2 Å². The molecule has 1 heterocycles. The van der Waals surface area contributed by atoms with Crippen LogP contribution in [0.2, 0.25) is 0 Å². The van der Waals surface area contributed by atoms with Gasteiger partial charge in [0.2, 0.25) is 0 Å². The molecule has 1 aromatic heterocycles. The third-order valence-electron chi connectivity index (χ3n) is 4.51. The Morgan fingerprint density at radius 2 is 2.00 bits per heavy atom. The molecule has 3 N–H and O–H groups in total. The first-order valence-electron chi connectivity index (χ1n) is 8.84. The van der Waals surface area contributed by atoms with Crippen LogP contribution in [0.5, 0.6) is 5.75 Å². The quantitative estimate of drug-likeness (QED) is 0.472. The van der Waals surface area contributed by atoms with Crippen molar-refractivity contribution in [3.05, 3.63) is 65.4 Å². The van der Waals surface area contributed by atoms with Crippen LogP contribution >= 0.6 is 0 Å². The highest BCUT2D eigenvalue weighted by Crippen LogP contribution is 2.21. The van der Waals surface area contributed by atoms with E-state index in [1.54, 1.807) is 14.2 Å². The minimum Gasteiger partial charge on any atom is -0.497 e. The molecular weight excluding hydrogens is 324 g/mol. The fourth-order valence-electron chi connectivity index (χ4n) is 3.08. The largest absolute Gasteiger partial charge is 0.497 e. The smallest absolute Gasteiger partial charge is 0.191 e. The van der Waals surface area contributed by atoms with Crippen molar-refractivity contribution in [3.8, 4) is 5.75 Å². The number of H-pyrrole nitrogens is 1. The van der Waals surface area contributed by atoms with Crippen LogP contribution in [0, 0.1) is 6.92 Å². The number of para-hydroxylation sites is 1. The summed E-state index contributed by atoms with van der Waals surface area (Å²) < 4.78 is 5.26. The van der Waals surface area contributed by atoms with E-state index < -0.39 is 0 Å². The van der Waals surface area contributed by atoms with Gasteiger partial charge in [-0.2, -0.15) is 0 Å². The summed E-state index contributed by atoms with van der Waals surface area (Å²) in [7, 11) is 3.47. The number of nitrogens with one attached hydrogen (secondary N) is 3. The summed E-state index contributed by atoms with van der Waals surface area (Å²) in [5, 5.41) is 8.02. The molecule has 0 unspecified atom stereocenters. The summed E-state index contributed by atoms with van der Waals surface area (Å²) in [6.45, 7) is 3.65. The van der Waals surface area contributed by atoms with Crippen molar-refractivity contribution in [2.75, 3.05) is 20.7 Å². The number of hydrogen-bond acceptors (Lipinski definition) is 2. The maximum absolute atomic E-state index is 5.26. The summed E-state index contributed by atoms with van der Waals surface area (Å²) in [6.07, 6.45) is 3.04. The average molecular weight is 350 g/mol. The van der Waals surface area contributed by atoms with E-state index >= 15 is 0 Å². The molecule has 0 fully saturated rings. The molecule has 2 aromatic carbocycles. The molecule has 0 spiro atoms. The van der Waals surface area contributed by atoms with Gasteiger partial charge in [0.05, 0.1) is 7.11 Å². The van der Waals surface area contributed by atoms with E-state index in [1.807, 2.05) is 18.2 Å². The van der Waals surface area contributed by atoms with Crippen LogP contribution in [0.1, 0.15) is 16.7 Å². The van der Waals surface area contributed by atoms with Gasteiger partial charge in [0.25, 0.3) is 0 Å². The lowest BCUT2D eigenvalue weighted by Gasteiger charge is -2.12. The molecule has 0 saturated carbocycles. The first-order chi connectivity index (χ1) is 12.7. The zero-order valence-corrected chi connectivity index (χ0v) is 15.6. The van der Waals surface area contributed by atoms with Gasteiger partial charge in [-0.25, -0.2) is 0 Å². The molecule has 0 saturated heterocycles. The molecule has 5 heteroatoms. The lowest BCUT2D eigenvalue weighted by Crippen LogP contribution is -2.37. The molecule has 0 amide bonds. The first-order valence-corrected chi connectivity index (χ1v) is 8.84. The number of methoxy groups -OCH3 is 1. The Hall–Kier alpha value is -2.95. The zero-order valence-electron chi connectivity index (χ0n) is 15.6. The number of aliphatic imine (C=N–C) groups is 1. The Morgan fingerprint density at radius 1 is 1.15 bits per heavy atom. The number of fused-ring (bicyclic) bond motifs is 1. The summed E-state index contributed by atoms with van der Waals surface area (Å²) in [6, 6.07) is 14.4. The normalized spacial score (nSPS) is 11.6. The number of aromatic nitrogens is 1. The van der Waals surface area contributed by atoms with Gasteiger partial charge in [-0.15, -0.1) is 0 Å². The predicted octanol–water partition coefficient (Wildman–Crippen LogP) is 3.39. The van der Waals surface area contributed by atoms with Gasteiger partial charge in [-0.1, -0.05) is 30.3 Å². The highest BCUT2D eigenvalue weighted by atomic mass is 16.5. The van der Waals surface area contributed by atoms with Gasteiger partial charge < -0.3 is 20.4 Å². The fraction of sp³-hybridized carbons (Fsp3) is 0.286. The Labute approximate surface area is 154 Å². The molecule has 5 nitrogen and oxygen atoms in total. The van der Waals surface area contributed by atoms with Crippen LogP contribution in [-0.4, -0.2) is 31.6 Å². The lowest BCUT2D eigenvalue weighted by atomic mass is 10.1. The van der Waals surface area contributed by atoms with Crippen LogP contribution in [0.3, 0.4) is 0 Å². The number of aryl methyl sites for hydroxylation is 1. The Balaban J connectivity index is 1.53. The van der Waals surface area contributed by atoms with Crippen molar-refractivity contribution in [1.29, 1.82) is 0 Å². The SMILES string of the molecule is CN=C(NCCc1c[nH]c2c(C)cccc12)NCc1cccc(OC)c1. The van der Waals surface area contributed by atoms with Gasteiger partial charge in [0, 0.05) is 37.2 Å². The summed E-state index contributed by atoms with van der Waals surface area (Å²) in [5.41, 5.74) is 4.97. The van der Waals surface area contributed by atoms with E-state index in [-0.39, 0.29) is 0 Å². The molecule has 0 aliphatic rings. The predicted molar refractivity (Wildman–Crippen MR) is 108 cm³/mol. The number of benzene rings is 2. The summed E-state index contributed by atoms with van der Waals surface area (Å²) in [5.74, 6) is 1.66. The standard InChI is InChI=1S/C21H26N4O/c1-15-6-4-9-19-17(14-24-20(15)19)10-11-23-21(22-2)25-13-16-7-5-8-18(12-16)26-3/h4-9,12,14,24H,10-11,13H2,1-3H3,(H2,22,23,25). The van der Waals surface area contributed by atoms with E-state index in [4.69, 9.17) is 4.74 Å². The molecule has 0 bridgehead atoms. The highest BCUT2D eigenvalue weighted by Gasteiger charge is 2.06. The fourth-order valence-corrected chi connectivity index (χ4v) is 3.08. The Bertz CT molecular complexity index is 898. The Kier molecular flexibility index (Phi) is 5.79. The molecule has 3 aromatic rings. The van der Waals surface area contributed by atoms with Gasteiger partial charge in [-0.05, 0) is 42.2 Å². The minimum atomic E-state index is 0.698. The molecule has 3 rings (SSSR count). The molecule has 0 radical (unpaired) electrons. The zero-order chi connectivity index (χ0) is 18.4. The molecule has 0 aliphatic carbocycles. The van der Waals surface area contributed by atoms with Gasteiger partial charge in [0.15, 0.2) is 5.96 Å². The molecule has 136 valence electrons. The van der Waals surface area contributed by atoms with Gasteiger partial charge in [-0.3, -0.25) is 4.99 Å². The Morgan fingerprint density at radius 3 is 2.81 bits per heavy atom. The number of aromatic amines is 1. The third-order valence-corrected chi connectivity index (χ3v) is 4.51.